The smallest absolute Gasteiger partial charge is 0.115 e. The van der Waals surface area contributed by atoms with Gasteiger partial charge in [0.1, 0.15) is 36.6 Å². The summed E-state index contributed by atoms with van der Waals surface area (Å²) in [5.41, 5.74) is 3.27. The van der Waals surface area contributed by atoms with Crippen molar-refractivity contribution in [1.82, 2.24) is 0 Å². The topological polar surface area (TPSA) is 94.1 Å². The maximum absolute atomic E-state index is 10.8. The molecule has 11 rings (SSSR count). The van der Waals surface area contributed by atoms with Gasteiger partial charge in [0.05, 0.1) is 69.2 Å². The summed E-state index contributed by atoms with van der Waals surface area (Å²) in [6, 6.07) is 44.5. The van der Waals surface area contributed by atoms with Crippen LogP contribution in [0, 0.1) is 0 Å². The van der Waals surface area contributed by atoms with Crippen LogP contribution in [0.15, 0.2) is 189 Å². The zero-order valence-corrected chi connectivity index (χ0v) is 38.7. The van der Waals surface area contributed by atoms with E-state index in [1.807, 2.05) is 12.2 Å². The molecule has 5 aliphatic rings. The lowest BCUT2D eigenvalue weighted by Gasteiger charge is -2.51. The predicted molar refractivity (Wildman–Crippen MR) is 269 cm³/mol. The lowest BCUT2D eigenvalue weighted by molar-refractivity contribution is -0.297. The number of fused-ring (bicyclic) bond motifs is 7. The number of aliphatic hydroxyl groups is 1. The molecule has 5 aliphatic heterocycles. The van der Waals surface area contributed by atoms with E-state index in [-0.39, 0.29) is 30.5 Å². The summed E-state index contributed by atoms with van der Waals surface area (Å²) >= 11 is 0. The Morgan fingerprint density at radius 1 is 0.580 bits per heavy atom. The predicted octanol–water partition coefficient (Wildman–Crippen LogP) is 10.6. The summed E-state index contributed by atoms with van der Waals surface area (Å²) < 4.78 is 54.4. The molecule has 9 nitrogen and oxygen atoms in total. The molecule has 0 aromatic heterocycles. The van der Waals surface area contributed by atoms with Crippen molar-refractivity contribution < 1.29 is 43.0 Å². The molecule has 9 heteroatoms. The lowest BCUT2D eigenvalue weighted by atomic mass is 9.87. The first-order valence-corrected chi connectivity index (χ1v) is 24.5. The quantitative estimate of drug-likeness (QED) is 0.107. The molecule has 0 saturated carbocycles. The van der Waals surface area contributed by atoms with Crippen LogP contribution in [0.4, 0.5) is 0 Å². The van der Waals surface area contributed by atoms with Crippen LogP contribution in [-0.4, -0.2) is 91.1 Å². The average molecular weight is 925 g/mol. The molecule has 2 fully saturated rings. The van der Waals surface area contributed by atoms with E-state index in [0.717, 1.165) is 22.1 Å². The van der Waals surface area contributed by atoms with Gasteiger partial charge < -0.3 is 43.0 Å². The summed E-state index contributed by atoms with van der Waals surface area (Å²) in [5, 5.41) is 17.9. The van der Waals surface area contributed by atoms with Gasteiger partial charge >= 0.3 is 0 Å². The summed E-state index contributed by atoms with van der Waals surface area (Å²) in [5.74, 6) is 0. The van der Waals surface area contributed by atoms with E-state index in [9.17, 15) is 5.11 Å². The van der Waals surface area contributed by atoms with E-state index < -0.39 is 48.8 Å². The number of ether oxygens (including phenoxy) is 8. The first kappa shape index (κ1) is 45.9. The maximum Gasteiger partial charge on any atom is 0.115 e. The monoisotopic (exact) mass is 924 g/mol. The molecule has 0 amide bonds. The van der Waals surface area contributed by atoms with Crippen LogP contribution in [0.25, 0.3) is 32.3 Å². The minimum atomic E-state index is -0.751. The van der Waals surface area contributed by atoms with Gasteiger partial charge in [-0.1, -0.05) is 164 Å². The standard InChI is InChI=1S/C60H60O9/c1-2-10-51-50(61)27-28-52-53(66-51)29-30-54-56(67-52)34-57-59(69-54)60(64-37-41-21-24-44-13-5-8-16-47(44)33-41)58-55(68-57)18-9-17-48(65-58)25-26-49(63-36-40-20-23-43-12-4-7-15-46(43)32-40)38-62-35-39-19-22-42-11-3-6-14-45(42)31-39/h2-9,11-17,19-33,48-61H,1,10,18,34-38H2/b26-25+/t48-,49+,50+,51-,52-,53+,54-,55+,56+,57-,58-,59+,60-/m1/s1. The van der Waals surface area contributed by atoms with Gasteiger partial charge in [0.25, 0.3) is 0 Å². The van der Waals surface area contributed by atoms with Crippen molar-refractivity contribution in [2.75, 3.05) is 6.61 Å². The van der Waals surface area contributed by atoms with Gasteiger partial charge in [0.2, 0.25) is 0 Å². The molecule has 354 valence electrons. The van der Waals surface area contributed by atoms with Crippen molar-refractivity contribution in [3.05, 3.63) is 205 Å². The highest BCUT2D eigenvalue weighted by Crippen LogP contribution is 2.41. The SMILES string of the molecule is C=CC[C@H]1O[C@H]2C=C[C@H]3O[C@@H]4[C@H](OCc5ccc6ccccc6c5)[C@@H]5O[C@@H](/C=C/[C@@H](COCc6ccc7ccccc7c6)OCc6ccc7ccccc7c6)C=CC[C@@H]5O[C@@H]4C[C@@H]3O[C@@H]2C=C[C@@H]1O. The van der Waals surface area contributed by atoms with Crippen LogP contribution in [0.1, 0.15) is 36.0 Å². The van der Waals surface area contributed by atoms with Crippen molar-refractivity contribution in [3.63, 3.8) is 0 Å². The number of benzene rings is 6. The second-order valence-electron chi connectivity index (χ2n) is 18.9. The molecule has 0 radical (unpaired) electrons. The molecule has 2 saturated heterocycles. The van der Waals surface area contributed by atoms with E-state index in [0.29, 0.717) is 45.7 Å². The molecule has 0 aliphatic carbocycles. The number of hydrogen-bond acceptors (Lipinski definition) is 9. The molecule has 0 spiro atoms. The van der Waals surface area contributed by atoms with Crippen molar-refractivity contribution in [2.24, 2.45) is 0 Å². The van der Waals surface area contributed by atoms with E-state index in [2.05, 4.69) is 164 Å². The summed E-state index contributed by atoms with van der Waals surface area (Å²) in [6.45, 7) is 5.48. The average Bonchev–Trinajstić information content (AvgIpc) is 3.76. The normalized spacial score (nSPS) is 30.2. The van der Waals surface area contributed by atoms with Crippen LogP contribution >= 0.6 is 0 Å². The van der Waals surface area contributed by atoms with Crippen molar-refractivity contribution in [2.45, 2.75) is 118 Å². The Morgan fingerprint density at radius 3 is 1.86 bits per heavy atom. The molecule has 1 N–H and O–H groups in total. The molecule has 0 bridgehead atoms. The van der Waals surface area contributed by atoms with Crippen LogP contribution in [0.5, 0.6) is 0 Å². The zero-order chi connectivity index (χ0) is 46.5. The Bertz CT molecular complexity index is 2850. The fourth-order valence-corrected chi connectivity index (χ4v) is 10.4. The van der Waals surface area contributed by atoms with Crippen molar-refractivity contribution >= 4 is 32.3 Å². The van der Waals surface area contributed by atoms with E-state index in [1.54, 1.807) is 12.2 Å². The van der Waals surface area contributed by atoms with Gasteiger partial charge in [-0.05, 0) is 80.0 Å². The number of hydrogen-bond donors (Lipinski definition) is 1. The van der Waals surface area contributed by atoms with Crippen LogP contribution in [-0.2, 0) is 57.7 Å². The fraction of sp³-hybridized carbons (Fsp3) is 0.333. The molecule has 0 unspecified atom stereocenters. The second-order valence-corrected chi connectivity index (χ2v) is 18.9. The minimum absolute atomic E-state index is 0.294. The summed E-state index contributed by atoms with van der Waals surface area (Å²) in [4.78, 5) is 0. The zero-order valence-electron chi connectivity index (χ0n) is 38.7. The Morgan fingerprint density at radius 2 is 1.17 bits per heavy atom. The molecule has 13 atom stereocenters. The first-order chi connectivity index (χ1) is 34.0. The third-order valence-electron chi connectivity index (χ3n) is 14.1. The molecular formula is C60H60O9. The minimum Gasteiger partial charge on any atom is -0.386 e. The third-order valence-corrected chi connectivity index (χ3v) is 14.1. The van der Waals surface area contributed by atoms with Gasteiger partial charge in [-0.15, -0.1) is 6.58 Å². The third kappa shape index (κ3) is 10.6. The first-order valence-electron chi connectivity index (χ1n) is 24.5. The Labute approximate surface area is 404 Å². The van der Waals surface area contributed by atoms with Gasteiger partial charge in [0, 0.05) is 6.42 Å². The van der Waals surface area contributed by atoms with Gasteiger partial charge in [-0.3, -0.25) is 0 Å². The molecule has 69 heavy (non-hydrogen) atoms. The van der Waals surface area contributed by atoms with Crippen LogP contribution in [0.3, 0.4) is 0 Å². The second kappa shape index (κ2) is 21.2. The van der Waals surface area contributed by atoms with Crippen molar-refractivity contribution in [1.29, 1.82) is 0 Å². The van der Waals surface area contributed by atoms with Gasteiger partial charge in [0.15, 0.2) is 0 Å². The van der Waals surface area contributed by atoms with Crippen LogP contribution in [0.2, 0.25) is 0 Å². The highest BCUT2D eigenvalue weighted by Gasteiger charge is 2.54. The highest BCUT2D eigenvalue weighted by molar-refractivity contribution is 5.84. The largest absolute Gasteiger partial charge is 0.386 e. The van der Waals surface area contributed by atoms with Crippen molar-refractivity contribution in [3.8, 4) is 0 Å². The number of rotatable bonds is 14. The maximum atomic E-state index is 10.8. The van der Waals surface area contributed by atoms with E-state index >= 15 is 0 Å². The number of aliphatic hydroxyl groups excluding tert-OH is 1. The summed E-state index contributed by atoms with van der Waals surface area (Å²) in [6.07, 6.45) is 14.3. The van der Waals surface area contributed by atoms with E-state index in [4.69, 9.17) is 37.9 Å². The summed E-state index contributed by atoms with van der Waals surface area (Å²) in [7, 11) is 0. The van der Waals surface area contributed by atoms with Gasteiger partial charge in [-0.2, -0.15) is 0 Å². The lowest BCUT2D eigenvalue weighted by Crippen LogP contribution is -2.64. The Balaban J connectivity index is 0.834. The van der Waals surface area contributed by atoms with Gasteiger partial charge in [-0.25, -0.2) is 0 Å². The van der Waals surface area contributed by atoms with Crippen LogP contribution < -0.4 is 0 Å². The molecule has 5 heterocycles. The van der Waals surface area contributed by atoms with E-state index in [1.165, 1.54) is 26.9 Å². The Kier molecular flexibility index (Phi) is 14.1. The fourth-order valence-electron chi connectivity index (χ4n) is 10.4. The molecule has 6 aromatic carbocycles. The molecular weight excluding hydrogens is 865 g/mol. The molecule has 6 aromatic rings. The highest BCUT2D eigenvalue weighted by atomic mass is 16.6. The Hall–Kier alpha value is -5.56.